The molecule has 0 spiro atoms. The van der Waals surface area contributed by atoms with Gasteiger partial charge in [-0.25, -0.2) is 9.78 Å². The van der Waals surface area contributed by atoms with Crippen LogP contribution in [0.4, 0.5) is 4.79 Å². The van der Waals surface area contributed by atoms with E-state index in [0.717, 1.165) is 16.3 Å². The van der Waals surface area contributed by atoms with Gasteiger partial charge in [-0.3, -0.25) is 0 Å². The second-order valence-corrected chi connectivity index (χ2v) is 6.93. The van der Waals surface area contributed by atoms with E-state index in [2.05, 4.69) is 32.4 Å². The minimum atomic E-state index is -0.145. The van der Waals surface area contributed by atoms with Crippen molar-refractivity contribution in [2.24, 2.45) is 0 Å². The first-order valence-corrected chi connectivity index (χ1v) is 8.31. The Hall–Kier alpha value is -1.40. The second-order valence-electron chi connectivity index (χ2n) is 4.89. The fourth-order valence-electron chi connectivity index (χ4n) is 1.91. The topological polar surface area (TPSA) is 54.0 Å². The van der Waals surface area contributed by atoms with Crippen LogP contribution in [-0.4, -0.2) is 17.1 Å². The molecule has 0 aliphatic carbocycles. The zero-order valence-electron chi connectivity index (χ0n) is 11.8. The van der Waals surface area contributed by atoms with Crippen molar-refractivity contribution < 1.29 is 4.79 Å². The van der Waals surface area contributed by atoms with E-state index in [1.54, 1.807) is 22.7 Å². The van der Waals surface area contributed by atoms with Crippen LogP contribution in [0.1, 0.15) is 35.3 Å². The van der Waals surface area contributed by atoms with Crippen LogP contribution in [0.2, 0.25) is 0 Å². The van der Waals surface area contributed by atoms with E-state index >= 15 is 0 Å². The average Bonchev–Trinajstić information content (AvgIpc) is 3.00. The lowest BCUT2D eigenvalue weighted by atomic mass is 10.1. The van der Waals surface area contributed by atoms with Crippen molar-refractivity contribution in [2.75, 3.05) is 0 Å². The summed E-state index contributed by atoms with van der Waals surface area (Å²) in [6.45, 7) is 5.97. The van der Waals surface area contributed by atoms with Crippen LogP contribution in [0.15, 0.2) is 23.0 Å². The molecule has 0 fully saturated rings. The average molecular weight is 309 g/mol. The lowest BCUT2D eigenvalue weighted by Gasteiger charge is -2.16. The summed E-state index contributed by atoms with van der Waals surface area (Å²) in [7, 11) is 0. The molecule has 0 aromatic carbocycles. The van der Waals surface area contributed by atoms with Gasteiger partial charge < -0.3 is 10.6 Å². The Morgan fingerprint density at radius 1 is 1.40 bits per heavy atom. The predicted molar refractivity (Wildman–Crippen MR) is 84.4 cm³/mol. The standard InChI is InChI=1S/C14H19N3OS2/c1-9(6-12-4-5-19-8-12)16-14(18)17-11(3)13-15-7-10(2)20-13/h4-5,7-9,11H,6H2,1-3H3,(H2,16,17,18)/t9-,11+/m0/s1. The number of hydrogen-bond donors (Lipinski definition) is 2. The summed E-state index contributed by atoms with van der Waals surface area (Å²) < 4.78 is 0. The van der Waals surface area contributed by atoms with Gasteiger partial charge in [-0.15, -0.1) is 11.3 Å². The van der Waals surface area contributed by atoms with Gasteiger partial charge in [0.1, 0.15) is 5.01 Å². The molecule has 2 N–H and O–H groups in total. The normalized spacial score (nSPS) is 13.8. The van der Waals surface area contributed by atoms with Crippen molar-refractivity contribution >= 4 is 28.7 Å². The number of hydrogen-bond acceptors (Lipinski definition) is 4. The maximum atomic E-state index is 11.9. The van der Waals surface area contributed by atoms with E-state index in [4.69, 9.17) is 0 Å². The van der Waals surface area contributed by atoms with E-state index in [9.17, 15) is 4.79 Å². The molecule has 0 saturated heterocycles. The van der Waals surface area contributed by atoms with Crippen molar-refractivity contribution in [3.8, 4) is 0 Å². The Morgan fingerprint density at radius 2 is 2.20 bits per heavy atom. The van der Waals surface area contributed by atoms with Gasteiger partial charge in [-0.1, -0.05) is 0 Å². The van der Waals surface area contributed by atoms with Gasteiger partial charge in [0.2, 0.25) is 0 Å². The largest absolute Gasteiger partial charge is 0.335 e. The molecule has 2 aromatic heterocycles. The van der Waals surface area contributed by atoms with E-state index < -0.39 is 0 Å². The smallest absolute Gasteiger partial charge is 0.315 e. The number of amides is 2. The maximum absolute atomic E-state index is 11.9. The third-order valence-corrected chi connectivity index (χ3v) is 4.68. The monoisotopic (exact) mass is 309 g/mol. The quantitative estimate of drug-likeness (QED) is 0.888. The lowest BCUT2D eigenvalue weighted by molar-refractivity contribution is 0.234. The van der Waals surface area contributed by atoms with Crippen molar-refractivity contribution in [3.05, 3.63) is 38.5 Å². The van der Waals surface area contributed by atoms with Crippen molar-refractivity contribution in [1.82, 2.24) is 15.6 Å². The van der Waals surface area contributed by atoms with Crippen LogP contribution in [0, 0.1) is 6.92 Å². The number of thiophene rings is 1. The van der Waals surface area contributed by atoms with Gasteiger partial charge in [0.25, 0.3) is 0 Å². The van der Waals surface area contributed by atoms with Crippen LogP contribution < -0.4 is 10.6 Å². The molecular weight excluding hydrogens is 290 g/mol. The summed E-state index contributed by atoms with van der Waals surface area (Å²) in [5.41, 5.74) is 1.26. The van der Waals surface area contributed by atoms with Gasteiger partial charge in [-0.05, 0) is 49.6 Å². The van der Waals surface area contributed by atoms with Crippen LogP contribution in [-0.2, 0) is 6.42 Å². The lowest BCUT2D eigenvalue weighted by Crippen LogP contribution is -2.42. The van der Waals surface area contributed by atoms with Crippen LogP contribution in [0.3, 0.4) is 0 Å². The zero-order valence-corrected chi connectivity index (χ0v) is 13.5. The molecule has 2 amide bonds. The van der Waals surface area contributed by atoms with E-state index in [1.807, 2.05) is 27.0 Å². The highest BCUT2D eigenvalue weighted by atomic mass is 32.1. The number of aromatic nitrogens is 1. The second kappa shape index (κ2) is 6.85. The first-order valence-electron chi connectivity index (χ1n) is 6.55. The van der Waals surface area contributed by atoms with Crippen LogP contribution >= 0.6 is 22.7 Å². The summed E-state index contributed by atoms with van der Waals surface area (Å²) >= 11 is 3.28. The molecule has 20 heavy (non-hydrogen) atoms. The fourth-order valence-corrected chi connectivity index (χ4v) is 3.37. The highest BCUT2D eigenvalue weighted by molar-refractivity contribution is 7.11. The molecule has 0 radical (unpaired) electrons. The van der Waals surface area contributed by atoms with Crippen molar-refractivity contribution in [2.45, 2.75) is 39.3 Å². The molecule has 2 atom stereocenters. The zero-order chi connectivity index (χ0) is 14.5. The molecule has 0 aliphatic rings. The SMILES string of the molecule is Cc1cnc([C@@H](C)NC(=O)N[C@@H](C)Cc2ccsc2)s1. The summed E-state index contributed by atoms with van der Waals surface area (Å²) in [4.78, 5) is 17.4. The number of carbonyl (C=O) groups excluding carboxylic acids is 1. The van der Waals surface area contributed by atoms with Crippen LogP contribution in [0.25, 0.3) is 0 Å². The van der Waals surface area contributed by atoms with Gasteiger partial charge in [-0.2, -0.15) is 11.3 Å². The molecule has 6 heteroatoms. The molecule has 2 heterocycles. The molecule has 2 rings (SSSR count). The number of nitrogens with zero attached hydrogens (tertiary/aromatic N) is 1. The highest BCUT2D eigenvalue weighted by Gasteiger charge is 2.14. The molecule has 0 unspecified atom stereocenters. The number of urea groups is 1. The third kappa shape index (κ3) is 4.31. The molecule has 4 nitrogen and oxygen atoms in total. The van der Waals surface area contributed by atoms with Gasteiger partial charge >= 0.3 is 6.03 Å². The first kappa shape index (κ1) is 15.0. The molecule has 2 aromatic rings. The number of nitrogens with one attached hydrogen (secondary N) is 2. The Labute approximate surface area is 127 Å². The Balaban J connectivity index is 1.80. The third-order valence-electron chi connectivity index (χ3n) is 2.86. The molecular formula is C14H19N3OS2. The summed E-state index contributed by atoms with van der Waals surface area (Å²) in [5.74, 6) is 0. The molecule has 108 valence electrons. The fraction of sp³-hybridized carbons (Fsp3) is 0.429. The number of rotatable bonds is 5. The van der Waals surface area contributed by atoms with Gasteiger partial charge in [0.15, 0.2) is 0 Å². The Kier molecular flexibility index (Phi) is 5.14. The Bertz CT molecular complexity index is 551. The van der Waals surface area contributed by atoms with Gasteiger partial charge in [0.05, 0.1) is 6.04 Å². The predicted octanol–water partition coefficient (Wildman–Crippen LogP) is 3.50. The minimum absolute atomic E-state index is 0.0675. The number of aryl methyl sites for hydroxylation is 1. The summed E-state index contributed by atoms with van der Waals surface area (Å²) in [6, 6.07) is 1.98. The van der Waals surface area contributed by atoms with Gasteiger partial charge in [0, 0.05) is 17.1 Å². The minimum Gasteiger partial charge on any atom is -0.335 e. The number of carbonyl (C=O) groups is 1. The maximum Gasteiger partial charge on any atom is 0.315 e. The molecule has 0 saturated carbocycles. The van der Waals surface area contributed by atoms with Crippen molar-refractivity contribution in [1.29, 1.82) is 0 Å². The highest BCUT2D eigenvalue weighted by Crippen LogP contribution is 2.18. The van der Waals surface area contributed by atoms with E-state index in [0.29, 0.717) is 0 Å². The number of thiazole rings is 1. The van der Waals surface area contributed by atoms with E-state index in [-0.39, 0.29) is 18.1 Å². The molecule has 0 bridgehead atoms. The summed E-state index contributed by atoms with van der Waals surface area (Å²) in [6.07, 6.45) is 2.68. The molecule has 0 aliphatic heterocycles. The van der Waals surface area contributed by atoms with E-state index in [1.165, 1.54) is 5.56 Å². The Morgan fingerprint density at radius 3 is 2.80 bits per heavy atom. The van der Waals surface area contributed by atoms with Crippen LogP contribution in [0.5, 0.6) is 0 Å². The first-order chi connectivity index (χ1) is 9.54. The summed E-state index contributed by atoms with van der Waals surface area (Å²) in [5, 5.41) is 11.0. The van der Waals surface area contributed by atoms with Crippen molar-refractivity contribution in [3.63, 3.8) is 0 Å².